The first-order chi connectivity index (χ1) is 7.34. The lowest BCUT2D eigenvalue weighted by Gasteiger charge is -2.02. The Morgan fingerprint density at radius 2 is 1.93 bits per heavy atom. The summed E-state index contributed by atoms with van der Waals surface area (Å²) in [6.07, 6.45) is 12.0. The van der Waals surface area contributed by atoms with Crippen molar-refractivity contribution in [3.8, 4) is 0 Å². The van der Waals surface area contributed by atoms with E-state index in [1.165, 1.54) is 50.5 Å². The van der Waals surface area contributed by atoms with Crippen LogP contribution in [-0.4, -0.2) is 13.2 Å². The van der Waals surface area contributed by atoms with E-state index in [-0.39, 0.29) is 0 Å². The predicted octanol–water partition coefficient (Wildman–Crippen LogP) is 4.33. The molecule has 0 aromatic carbocycles. The molecular weight excluding hydrogens is 184 g/mol. The van der Waals surface area contributed by atoms with Gasteiger partial charge in [0.15, 0.2) is 0 Å². The number of hydrogen-bond donors (Lipinski definition) is 0. The summed E-state index contributed by atoms with van der Waals surface area (Å²) in [7, 11) is 0. The number of ether oxygens (including phenoxy) is 1. The maximum absolute atomic E-state index is 5.41. The van der Waals surface area contributed by atoms with Crippen molar-refractivity contribution in [2.24, 2.45) is 5.92 Å². The average molecular weight is 210 g/mol. The molecule has 0 N–H and O–H groups in total. The Labute approximate surface area is 94.9 Å². The van der Waals surface area contributed by atoms with Crippen LogP contribution in [0.1, 0.15) is 58.8 Å². The monoisotopic (exact) mass is 210 g/mol. The van der Waals surface area contributed by atoms with Crippen molar-refractivity contribution in [1.29, 1.82) is 0 Å². The molecule has 0 aliphatic carbocycles. The first kappa shape index (κ1) is 12.8. The fraction of sp³-hybridized carbons (Fsp3) is 0.857. The van der Waals surface area contributed by atoms with Gasteiger partial charge in [0.1, 0.15) is 0 Å². The molecule has 0 aromatic heterocycles. The van der Waals surface area contributed by atoms with Gasteiger partial charge in [-0.3, -0.25) is 0 Å². The van der Waals surface area contributed by atoms with Crippen LogP contribution >= 0.6 is 0 Å². The van der Waals surface area contributed by atoms with Gasteiger partial charge in [0.2, 0.25) is 0 Å². The lowest BCUT2D eigenvalue weighted by atomic mass is 10.0. The van der Waals surface area contributed by atoms with Gasteiger partial charge in [-0.1, -0.05) is 52.0 Å². The van der Waals surface area contributed by atoms with E-state index in [0.29, 0.717) is 5.92 Å². The van der Waals surface area contributed by atoms with Crippen molar-refractivity contribution in [3.63, 3.8) is 0 Å². The Hall–Kier alpha value is -0.300. The molecule has 0 saturated carbocycles. The lowest BCUT2D eigenvalue weighted by Crippen LogP contribution is -1.94. The second-order valence-electron chi connectivity index (χ2n) is 4.75. The molecule has 0 spiro atoms. The summed E-state index contributed by atoms with van der Waals surface area (Å²) >= 11 is 0. The molecule has 1 nitrogen and oxygen atoms in total. The fourth-order valence-electron chi connectivity index (χ4n) is 2.08. The average Bonchev–Trinajstić information content (AvgIpc) is 2.63. The van der Waals surface area contributed by atoms with Gasteiger partial charge in [-0.15, -0.1) is 0 Å². The zero-order valence-electron chi connectivity index (χ0n) is 10.4. The second kappa shape index (κ2) is 7.92. The zero-order valence-corrected chi connectivity index (χ0v) is 10.4. The summed E-state index contributed by atoms with van der Waals surface area (Å²) in [6.45, 7) is 6.35. The molecule has 88 valence electrons. The molecule has 0 amide bonds. The van der Waals surface area contributed by atoms with Crippen LogP contribution in [0.2, 0.25) is 0 Å². The minimum absolute atomic E-state index is 0.671. The highest BCUT2D eigenvalue weighted by atomic mass is 16.5. The van der Waals surface area contributed by atoms with Gasteiger partial charge in [-0.2, -0.15) is 0 Å². The third-order valence-electron chi connectivity index (χ3n) is 3.23. The number of allylic oxidation sites excluding steroid dienone is 1. The first-order valence-electron chi connectivity index (χ1n) is 6.61. The van der Waals surface area contributed by atoms with E-state index in [1.807, 2.05) is 0 Å². The normalized spacial score (nSPS) is 23.9. The largest absolute Gasteiger partial charge is 0.376 e. The van der Waals surface area contributed by atoms with Crippen LogP contribution in [0.15, 0.2) is 11.6 Å². The molecule has 1 heterocycles. The first-order valence-corrected chi connectivity index (χ1v) is 6.61. The number of hydrogen-bond acceptors (Lipinski definition) is 1. The molecule has 1 aliphatic rings. The summed E-state index contributed by atoms with van der Waals surface area (Å²) in [4.78, 5) is 0. The minimum atomic E-state index is 0.671. The predicted molar refractivity (Wildman–Crippen MR) is 66.1 cm³/mol. The SMILES string of the molecule is CCCCCCCC/C=C1\COCC1C. The highest BCUT2D eigenvalue weighted by Gasteiger charge is 2.15. The van der Waals surface area contributed by atoms with E-state index in [4.69, 9.17) is 4.74 Å². The molecule has 0 aromatic rings. The summed E-state index contributed by atoms with van der Waals surface area (Å²) in [6, 6.07) is 0. The molecule has 0 bridgehead atoms. The van der Waals surface area contributed by atoms with E-state index in [0.717, 1.165) is 13.2 Å². The van der Waals surface area contributed by atoms with Crippen LogP contribution in [0.5, 0.6) is 0 Å². The Balaban J connectivity index is 1.96. The van der Waals surface area contributed by atoms with Crippen molar-refractivity contribution in [1.82, 2.24) is 0 Å². The molecular formula is C14H26O. The van der Waals surface area contributed by atoms with E-state index in [9.17, 15) is 0 Å². The smallest absolute Gasteiger partial charge is 0.0680 e. The van der Waals surface area contributed by atoms with E-state index < -0.39 is 0 Å². The van der Waals surface area contributed by atoms with Gasteiger partial charge in [0.05, 0.1) is 13.2 Å². The molecule has 15 heavy (non-hydrogen) atoms. The molecule has 1 unspecified atom stereocenters. The van der Waals surface area contributed by atoms with Crippen LogP contribution in [0.25, 0.3) is 0 Å². The van der Waals surface area contributed by atoms with E-state index in [1.54, 1.807) is 0 Å². The van der Waals surface area contributed by atoms with Crippen molar-refractivity contribution >= 4 is 0 Å². The van der Waals surface area contributed by atoms with Crippen molar-refractivity contribution in [2.45, 2.75) is 58.8 Å². The quantitative estimate of drug-likeness (QED) is 0.449. The molecule has 1 atom stereocenters. The van der Waals surface area contributed by atoms with E-state index >= 15 is 0 Å². The zero-order chi connectivity index (χ0) is 10.9. The molecule has 1 aliphatic heterocycles. The standard InChI is InChI=1S/C14H26O/c1-3-4-5-6-7-8-9-10-14-12-15-11-13(14)2/h10,13H,3-9,11-12H2,1-2H3/b14-10+. The second-order valence-corrected chi connectivity index (χ2v) is 4.75. The fourth-order valence-corrected chi connectivity index (χ4v) is 2.08. The molecule has 0 radical (unpaired) electrons. The molecule has 1 fully saturated rings. The third kappa shape index (κ3) is 5.36. The highest BCUT2D eigenvalue weighted by molar-refractivity contribution is 5.09. The van der Waals surface area contributed by atoms with Gasteiger partial charge in [-0.25, -0.2) is 0 Å². The van der Waals surface area contributed by atoms with Crippen LogP contribution in [0.4, 0.5) is 0 Å². The Kier molecular flexibility index (Phi) is 6.74. The third-order valence-corrected chi connectivity index (χ3v) is 3.23. The van der Waals surface area contributed by atoms with Crippen molar-refractivity contribution < 1.29 is 4.74 Å². The number of rotatable bonds is 7. The Morgan fingerprint density at radius 3 is 2.60 bits per heavy atom. The van der Waals surface area contributed by atoms with Gasteiger partial charge in [0, 0.05) is 5.92 Å². The minimum Gasteiger partial charge on any atom is -0.376 e. The van der Waals surface area contributed by atoms with Gasteiger partial charge in [0.25, 0.3) is 0 Å². The maximum Gasteiger partial charge on any atom is 0.0680 e. The van der Waals surface area contributed by atoms with E-state index in [2.05, 4.69) is 19.9 Å². The highest BCUT2D eigenvalue weighted by Crippen LogP contribution is 2.20. The summed E-state index contributed by atoms with van der Waals surface area (Å²) in [5.41, 5.74) is 1.53. The maximum atomic E-state index is 5.41. The van der Waals surface area contributed by atoms with Gasteiger partial charge < -0.3 is 4.74 Å². The Morgan fingerprint density at radius 1 is 1.20 bits per heavy atom. The van der Waals surface area contributed by atoms with Crippen LogP contribution in [0, 0.1) is 5.92 Å². The molecule has 1 saturated heterocycles. The molecule has 1 rings (SSSR count). The lowest BCUT2D eigenvalue weighted by molar-refractivity contribution is 0.191. The van der Waals surface area contributed by atoms with Gasteiger partial charge >= 0.3 is 0 Å². The summed E-state index contributed by atoms with van der Waals surface area (Å²) < 4.78 is 5.41. The van der Waals surface area contributed by atoms with Crippen molar-refractivity contribution in [3.05, 3.63) is 11.6 Å². The topological polar surface area (TPSA) is 9.23 Å². The molecule has 1 heteroatoms. The van der Waals surface area contributed by atoms with Crippen molar-refractivity contribution in [2.75, 3.05) is 13.2 Å². The van der Waals surface area contributed by atoms with Crippen LogP contribution in [0.3, 0.4) is 0 Å². The summed E-state index contributed by atoms with van der Waals surface area (Å²) in [5.74, 6) is 0.671. The Bertz CT molecular complexity index is 184. The van der Waals surface area contributed by atoms with Crippen LogP contribution in [-0.2, 0) is 4.74 Å². The van der Waals surface area contributed by atoms with Crippen LogP contribution < -0.4 is 0 Å². The van der Waals surface area contributed by atoms with Gasteiger partial charge in [-0.05, 0) is 18.4 Å². The summed E-state index contributed by atoms with van der Waals surface area (Å²) in [5, 5.41) is 0. The number of unbranched alkanes of at least 4 members (excludes halogenated alkanes) is 6.